The lowest BCUT2D eigenvalue weighted by molar-refractivity contribution is 0.0949. The second kappa shape index (κ2) is 9.67. The Balaban J connectivity index is 2.01. The monoisotopic (exact) mass is 476 g/mol. The first-order valence-electron chi connectivity index (χ1n) is 10.2. The number of rotatable bonds is 8. The summed E-state index contributed by atoms with van der Waals surface area (Å²) in [7, 11) is -1.99. The highest BCUT2D eigenvalue weighted by molar-refractivity contribution is 7.88. The Labute approximate surface area is 190 Å². The van der Waals surface area contributed by atoms with Gasteiger partial charge in [0.05, 0.1) is 11.8 Å². The SMILES string of the molecule is CCCNC(=O)c1c(O)c2ncc(Cc3ccc(F)cc3CNS(C)(=O)=O)cc2n(C)c1=O. The number of carbonyl (C=O) groups excluding carboxylic acids is 1. The highest BCUT2D eigenvalue weighted by Crippen LogP contribution is 2.26. The summed E-state index contributed by atoms with van der Waals surface area (Å²) in [6, 6.07) is 5.73. The standard InChI is InChI=1S/C22H25FN4O5S/c1-4-7-24-21(29)18-20(28)19-17(27(2)22(18)30)9-13(11-25-19)8-14-5-6-16(23)10-15(14)12-26-33(3,31)32/h5-6,9-11,26,28H,4,7-8,12H2,1-3H3,(H,24,29). The molecule has 0 spiro atoms. The van der Waals surface area contributed by atoms with Gasteiger partial charge in [-0.3, -0.25) is 14.6 Å². The van der Waals surface area contributed by atoms with Gasteiger partial charge in [-0.15, -0.1) is 0 Å². The molecule has 9 nitrogen and oxygen atoms in total. The quantitative estimate of drug-likeness (QED) is 0.452. The first kappa shape index (κ1) is 24.3. The predicted molar refractivity (Wildman–Crippen MR) is 122 cm³/mol. The van der Waals surface area contributed by atoms with Gasteiger partial charge >= 0.3 is 0 Å². The zero-order valence-corrected chi connectivity index (χ0v) is 19.3. The third-order valence-corrected chi connectivity index (χ3v) is 5.78. The predicted octanol–water partition coefficient (Wildman–Crippen LogP) is 1.56. The fourth-order valence-electron chi connectivity index (χ4n) is 3.42. The summed E-state index contributed by atoms with van der Waals surface area (Å²) in [5, 5.41) is 13.2. The second-order valence-electron chi connectivity index (χ2n) is 7.74. The van der Waals surface area contributed by atoms with Crippen LogP contribution in [0, 0.1) is 5.82 Å². The molecule has 33 heavy (non-hydrogen) atoms. The van der Waals surface area contributed by atoms with Crippen LogP contribution in [0.2, 0.25) is 0 Å². The topological polar surface area (TPSA) is 130 Å². The van der Waals surface area contributed by atoms with Crippen molar-refractivity contribution in [1.29, 1.82) is 0 Å². The van der Waals surface area contributed by atoms with Crippen LogP contribution in [0.15, 0.2) is 35.3 Å². The van der Waals surface area contributed by atoms with Gasteiger partial charge in [-0.1, -0.05) is 13.0 Å². The van der Waals surface area contributed by atoms with Gasteiger partial charge < -0.3 is 15.0 Å². The van der Waals surface area contributed by atoms with Crippen LogP contribution < -0.4 is 15.6 Å². The molecule has 3 aromatic rings. The van der Waals surface area contributed by atoms with Gasteiger partial charge in [0.2, 0.25) is 10.0 Å². The van der Waals surface area contributed by atoms with Crippen LogP contribution in [0.4, 0.5) is 4.39 Å². The summed E-state index contributed by atoms with van der Waals surface area (Å²) < 4.78 is 40.2. The van der Waals surface area contributed by atoms with Crippen molar-refractivity contribution in [3.63, 3.8) is 0 Å². The van der Waals surface area contributed by atoms with E-state index in [9.17, 15) is 27.5 Å². The molecule has 0 radical (unpaired) electrons. The van der Waals surface area contributed by atoms with Crippen molar-refractivity contribution < 1.29 is 22.7 Å². The number of carbonyl (C=O) groups is 1. The minimum Gasteiger partial charge on any atom is -0.505 e. The highest BCUT2D eigenvalue weighted by atomic mass is 32.2. The summed E-state index contributed by atoms with van der Waals surface area (Å²) in [4.78, 5) is 29.4. The smallest absolute Gasteiger partial charge is 0.267 e. The maximum Gasteiger partial charge on any atom is 0.267 e. The molecule has 3 N–H and O–H groups in total. The van der Waals surface area contributed by atoms with E-state index < -0.39 is 33.1 Å². The molecule has 0 saturated carbocycles. The van der Waals surface area contributed by atoms with Crippen molar-refractivity contribution >= 4 is 27.0 Å². The molecule has 0 aliphatic carbocycles. The fraction of sp³-hybridized carbons (Fsp3) is 0.318. The summed E-state index contributed by atoms with van der Waals surface area (Å²) in [6.45, 7) is 2.15. The molecule has 11 heteroatoms. The molecule has 1 aromatic carbocycles. The van der Waals surface area contributed by atoms with Gasteiger partial charge in [-0.2, -0.15) is 0 Å². The number of benzene rings is 1. The minimum atomic E-state index is -3.47. The van der Waals surface area contributed by atoms with Crippen LogP contribution in [0.25, 0.3) is 11.0 Å². The van der Waals surface area contributed by atoms with Crippen molar-refractivity contribution in [2.75, 3.05) is 12.8 Å². The molecular formula is C22H25FN4O5S. The number of hydrogen-bond acceptors (Lipinski definition) is 6. The third kappa shape index (κ3) is 5.55. The van der Waals surface area contributed by atoms with E-state index in [1.165, 1.54) is 29.9 Å². The fourth-order valence-corrected chi connectivity index (χ4v) is 3.84. The summed E-state index contributed by atoms with van der Waals surface area (Å²) in [5.41, 5.74) is 1.16. The Kier molecular flexibility index (Phi) is 7.13. The maximum absolute atomic E-state index is 13.7. The number of pyridine rings is 2. The lowest BCUT2D eigenvalue weighted by Crippen LogP contribution is -2.33. The normalized spacial score (nSPS) is 11.6. The first-order chi connectivity index (χ1) is 15.5. The number of aromatic nitrogens is 2. The van der Waals surface area contributed by atoms with Crippen LogP contribution in [-0.2, 0) is 30.0 Å². The summed E-state index contributed by atoms with van der Waals surface area (Å²) >= 11 is 0. The number of sulfonamides is 1. The Morgan fingerprint density at radius 1 is 1.24 bits per heavy atom. The average molecular weight is 477 g/mol. The Bertz CT molecular complexity index is 1390. The zero-order valence-electron chi connectivity index (χ0n) is 18.5. The molecular weight excluding hydrogens is 451 g/mol. The highest BCUT2D eigenvalue weighted by Gasteiger charge is 2.22. The van der Waals surface area contributed by atoms with Crippen LogP contribution in [0.3, 0.4) is 0 Å². The number of halogens is 1. The van der Waals surface area contributed by atoms with Crippen molar-refractivity contribution in [2.24, 2.45) is 7.05 Å². The van der Waals surface area contributed by atoms with E-state index in [1.54, 1.807) is 12.1 Å². The zero-order chi connectivity index (χ0) is 24.3. The van der Waals surface area contributed by atoms with Gasteiger partial charge in [0.15, 0.2) is 5.75 Å². The summed E-state index contributed by atoms with van der Waals surface area (Å²) in [6.07, 6.45) is 3.45. The van der Waals surface area contributed by atoms with Crippen LogP contribution in [0.5, 0.6) is 5.75 Å². The van der Waals surface area contributed by atoms with E-state index in [2.05, 4.69) is 15.0 Å². The van der Waals surface area contributed by atoms with Crippen LogP contribution in [-0.4, -0.2) is 41.8 Å². The molecule has 2 aromatic heterocycles. The summed E-state index contributed by atoms with van der Waals surface area (Å²) in [5.74, 6) is -1.66. The van der Waals surface area contributed by atoms with Crippen molar-refractivity contribution in [3.8, 4) is 5.75 Å². The average Bonchev–Trinajstić information content (AvgIpc) is 2.75. The van der Waals surface area contributed by atoms with E-state index in [4.69, 9.17) is 0 Å². The lowest BCUT2D eigenvalue weighted by atomic mass is 10.00. The Hall–Kier alpha value is -3.31. The Morgan fingerprint density at radius 2 is 1.97 bits per heavy atom. The molecule has 176 valence electrons. The lowest BCUT2D eigenvalue weighted by Gasteiger charge is -2.14. The largest absolute Gasteiger partial charge is 0.505 e. The molecule has 2 heterocycles. The van der Waals surface area contributed by atoms with E-state index in [0.29, 0.717) is 35.2 Å². The van der Waals surface area contributed by atoms with Crippen LogP contribution >= 0.6 is 0 Å². The number of nitrogens with zero attached hydrogens (tertiary/aromatic N) is 2. The second-order valence-corrected chi connectivity index (χ2v) is 9.57. The van der Waals surface area contributed by atoms with Gasteiger partial charge in [0.25, 0.3) is 11.5 Å². The van der Waals surface area contributed by atoms with Gasteiger partial charge in [-0.05, 0) is 47.7 Å². The third-order valence-electron chi connectivity index (χ3n) is 5.12. The van der Waals surface area contributed by atoms with Crippen molar-refractivity contribution in [2.45, 2.75) is 26.3 Å². The van der Waals surface area contributed by atoms with Crippen molar-refractivity contribution in [3.05, 3.63) is 68.9 Å². The number of amides is 1. The number of fused-ring (bicyclic) bond motifs is 1. The first-order valence-corrected chi connectivity index (χ1v) is 12.1. The van der Waals surface area contributed by atoms with E-state index in [-0.39, 0.29) is 24.0 Å². The number of hydrogen-bond donors (Lipinski definition) is 3. The minimum absolute atomic E-state index is 0.0809. The molecule has 0 aliphatic rings. The van der Waals surface area contributed by atoms with Gasteiger partial charge in [0, 0.05) is 26.3 Å². The van der Waals surface area contributed by atoms with E-state index in [1.807, 2.05) is 6.92 Å². The number of nitrogens with one attached hydrogen (secondary N) is 2. The van der Waals surface area contributed by atoms with Gasteiger partial charge in [-0.25, -0.2) is 17.5 Å². The molecule has 1 amide bonds. The van der Waals surface area contributed by atoms with Gasteiger partial charge in [0.1, 0.15) is 16.9 Å². The molecule has 0 saturated heterocycles. The number of aromatic hydroxyl groups is 1. The maximum atomic E-state index is 13.7. The van der Waals surface area contributed by atoms with E-state index >= 15 is 0 Å². The van der Waals surface area contributed by atoms with Crippen molar-refractivity contribution in [1.82, 2.24) is 19.6 Å². The molecule has 3 rings (SSSR count). The molecule has 0 unspecified atom stereocenters. The van der Waals surface area contributed by atoms with Crippen LogP contribution in [0.1, 0.15) is 40.4 Å². The number of aryl methyl sites for hydroxylation is 1. The molecule has 0 fully saturated rings. The Morgan fingerprint density at radius 3 is 2.64 bits per heavy atom. The molecule has 0 bridgehead atoms. The molecule has 0 aliphatic heterocycles. The molecule has 0 atom stereocenters. The van der Waals surface area contributed by atoms with E-state index in [0.717, 1.165) is 6.26 Å².